The Balaban J connectivity index is 1.63. The summed E-state index contributed by atoms with van der Waals surface area (Å²) in [6, 6.07) is 11.3. The van der Waals surface area contributed by atoms with Crippen molar-refractivity contribution in [1.29, 1.82) is 0 Å². The van der Waals surface area contributed by atoms with Crippen molar-refractivity contribution in [1.82, 2.24) is 9.21 Å². The molecule has 1 fully saturated rings. The maximum Gasteiger partial charge on any atom is 0.252 e. The Morgan fingerprint density at radius 2 is 1.78 bits per heavy atom. The van der Waals surface area contributed by atoms with Gasteiger partial charge in [-0.05, 0) is 23.8 Å². The van der Waals surface area contributed by atoms with Crippen molar-refractivity contribution in [2.75, 3.05) is 26.2 Å². The van der Waals surface area contributed by atoms with E-state index in [2.05, 4.69) is 26.9 Å². The van der Waals surface area contributed by atoms with Crippen molar-refractivity contribution in [3.63, 3.8) is 0 Å². The monoisotopic (exact) mass is 434 g/mol. The highest BCUT2D eigenvalue weighted by molar-refractivity contribution is 9.10. The molecule has 3 rings (SSSR count). The van der Waals surface area contributed by atoms with Crippen LogP contribution >= 0.6 is 38.9 Å². The lowest BCUT2D eigenvalue weighted by Crippen LogP contribution is -2.48. The van der Waals surface area contributed by atoms with E-state index in [-0.39, 0.29) is 0 Å². The lowest BCUT2D eigenvalue weighted by molar-refractivity contribution is 0.181. The molecule has 0 bridgehead atoms. The summed E-state index contributed by atoms with van der Waals surface area (Å²) in [6.45, 7) is 3.27. The van der Waals surface area contributed by atoms with E-state index < -0.39 is 10.0 Å². The van der Waals surface area contributed by atoms with E-state index in [1.807, 2.05) is 18.2 Å². The summed E-state index contributed by atoms with van der Waals surface area (Å²) in [5, 5.41) is 0. The molecule has 2 aromatic rings. The molecule has 0 unspecified atom stereocenters. The van der Waals surface area contributed by atoms with Crippen LogP contribution in [-0.2, 0) is 16.6 Å². The van der Waals surface area contributed by atoms with E-state index >= 15 is 0 Å². The molecule has 124 valence electrons. The molecule has 0 atom stereocenters. The first-order valence-corrected chi connectivity index (χ1v) is 10.6. The first kappa shape index (κ1) is 17.4. The van der Waals surface area contributed by atoms with Crippen LogP contribution in [0.15, 0.2) is 45.1 Å². The number of thiophene rings is 1. The molecule has 2 heterocycles. The second kappa shape index (κ2) is 7.21. The van der Waals surface area contributed by atoms with Gasteiger partial charge in [-0.2, -0.15) is 4.31 Å². The highest BCUT2D eigenvalue weighted by Gasteiger charge is 2.29. The zero-order chi connectivity index (χ0) is 16.4. The molecule has 1 aromatic heterocycles. The molecule has 23 heavy (non-hydrogen) atoms. The Hall–Kier alpha value is -0.440. The Morgan fingerprint density at radius 1 is 1.09 bits per heavy atom. The molecule has 8 heteroatoms. The summed E-state index contributed by atoms with van der Waals surface area (Å²) in [6.07, 6.45) is 0. The fraction of sp³-hybridized carbons (Fsp3) is 0.333. The summed E-state index contributed by atoms with van der Waals surface area (Å²) >= 11 is 10.5. The zero-order valence-corrected chi connectivity index (χ0v) is 16.3. The normalized spacial score (nSPS) is 17.5. The van der Waals surface area contributed by atoms with Crippen LogP contribution in [0.1, 0.15) is 5.56 Å². The predicted molar refractivity (Wildman–Crippen MR) is 97.5 cm³/mol. The van der Waals surface area contributed by atoms with Gasteiger partial charge in [0.15, 0.2) is 0 Å². The van der Waals surface area contributed by atoms with Gasteiger partial charge in [-0.25, -0.2) is 8.42 Å². The van der Waals surface area contributed by atoms with Gasteiger partial charge >= 0.3 is 0 Å². The van der Waals surface area contributed by atoms with Crippen molar-refractivity contribution in [3.8, 4) is 0 Å². The van der Waals surface area contributed by atoms with Crippen LogP contribution in [0, 0.1) is 0 Å². The molecule has 0 saturated carbocycles. The lowest BCUT2D eigenvalue weighted by atomic mass is 10.2. The van der Waals surface area contributed by atoms with Crippen molar-refractivity contribution in [2.24, 2.45) is 0 Å². The van der Waals surface area contributed by atoms with Crippen LogP contribution in [-0.4, -0.2) is 43.8 Å². The molecule has 0 aliphatic carbocycles. The van der Waals surface area contributed by atoms with E-state index in [9.17, 15) is 8.42 Å². The number of nitrogens with zero attached hydrogens (tertiary/aromatic N) is 2. The van der Waals surface area contributed by atoms with Crippen molar-refractivity contribution in [3.05, 3.63) is 50.8 Å². The van der Waals surface area contributed by atoms with Crippen molar-refractivity contribution >= 4 is 48.9 Å². The summed E-state index contributed by atoms with van der Waals surface area (Å²) in [5.41, 5.74) is 1.22. The third-order valence-corrected chi connectivity index (χ3v) is 8.20. The summed E-state index contributed by atoms with van der Waals surface area (Å²) in [7, 11) is -3.41. The van der Waals surface area contributed by atoms with Crippen LogP contribution in [0.25, 0.3) is 0 Å². The van der Waals surface area contributed by atoms with Gasteiger partial charge < -0.3 is 0 Å². The second-order valence-electron chi connectivity index (χ2n) is 5.33. The molecule has 0 radical (unpaired) electrons. The van der Waals surface area contributed by atoms with Crippen LogP contribution < -0.4 is 0 Å². The molecule has 1 aliphatic heterocycles. The zero-order valence-electron chi connectivity index (χ0n) is 12.3. The molecule has 0 spiro atoms. The van der Waals surface area contributed by atoms with Gasteiger partial charge in [0.2, 0.25) is 0 Å². The highest BCUT2D eigenvalue weighted by Crippen LogP contribution is 2.29. The van der Waals surface area contributed by atoms with Crippen LogP contribution in [0.4, 0.5) is 0 Å². The number of rotatable bonds is 4. The van der Waals surface area contributed by atoms with Crippen LogP contribution in [0.2, 0.25) is 4.34 Å². The summed E-state index contributed by atoms with van der Waals surface area (Å²) in [5.74, 6) is 0. The Morgan fingerprint density at radius 3 is 2.39 bits per heavy atom. The summed E-state index contributed by atoms with van der Waals surface area (Å²) < 4.78 is 28.6. The van der Waals surface area contributed by atoms with Crippen LogP contribution in [0.3, 0.4) is 0 Å². The van der Waals surface area contributed by atoms with E-state index in [0.717, 1.165) is 35.4 Å². The number of halogens is 2. The molecule has 0 N–H and O–H groups in total. The predicted octanol–water partition coefficient (Wildman–Crippen LogP) is 3.67. The fourth-order valence-corrected chi connectivity index (χ4v) is 6.03. The average Bonchev–Trinajstić information content (AvgIpc) is 2.98. The van der Waals surface area contributed by atoms with Gasteiger partial charge in [0.25, 0.3) is 10.0 Å². The smallest absolute Gasteiger partial charge is 0.252 e. The Labute approximate surface area is 153 Å². The Kier molecular flexibility index (Phi) is 5.45. The van der Waals surface area contributed by atoms with E-state index in [0.29, 0.717) is 21.6 Å². The molecule has 1 saturated heterocycles. The maximum absolute atomic E-state index is 12.6. The SMILES string of the molecule is O=S(=O)(c1ccc(Cl)s1)N1CCN(Cc2ccccc2Br)CC1. The molecule has 1 aliphatic rings. The molecule has 4 nitrogen and oxygen atoms in total. The minimum Gasteiger partial charge on any atom is -0.296 e. The largest absolute Gasteiger partial charge is 0.296 e. The Bertz CT molecular complexity index is 786. The van der Waals surface area contributed by atoms with E-state index in [1.54, 1.807) is 16.4 Å². The molecule has 0 amide bonds. The average molecular weight is 436 g/mol. The molecule has 1 aromatic carbocycles. The minimum atomic E-state index is -3.41. The quantitative estimate of drug-likeness (QED) is 0.736. The number of hydrogen-bond acceptors (Lipinski definition) is 4. The summed E-state index contributed by atoms with van der Waals surface area (Å²) in [4.78, 5) is 2.27. The van der Waals surface area contributed by atoms with Gasteiger partial charge in [0, 0.05) is 37.2 Å². The number of sulfonamides is 1. The number of hydrogen-bond donors (Lipinski definition) is 0. The molecular weight excluding hydrogens is 420 g/mol. The first-order chi connectivity index (χ1) is 11.0. The highest BCUT2D eigenvalue weighted by atomic mass is 79.9. The van der Waals surface area contributed by atoms with Gasteiger partial charge in [-0.15, -0.1) is 11.3 Å². The van der Waals surface area contributed by atoms with E-state index in [1.165, 1.54) is 5.56 Å². The van der Waals surface area contributed by atoms with Crippen molar-refractivity contribution < 1.29 is 8.42 Å². The minimum absolute atomic E-state index is 0.321. The van der Waals surface area contributed by atoms with Crippen molar-refractivity contribution in [2.45, 2.75) is 10.8 Å². The fourth-order valence-electron chi connectivity index (χ4n) is 2.56. The van der Waals surface area contributed by atoms with Crippen LogP contribution in [0.5, 0.6) is 0 Å². The standard InChI is InChI=1S/C15H16BrClN2O2S2/c16-13-4-2-1-3-12(13)11-18-7-9-19(10-8-18)23(20,21)15-6-5-14(17)22-15/h1-6H,7-11H2. The lowest BCUT2D eigenvalue weighted by Gasteiger charge is -2.33. The van der Waals surface area contributed by atoms with E-state index in [4.69, 9.17) is 11.6 Å². The van der Waals surface area contributed by atoms with Gasteiger partial charge in [-0.1, -0.05) is 45.7 Å². The van der Waals surface area contributed by atoms with Gasteiger partial charge in [-0.3, -0.25) is 4.90 Å². The second-order valence-corrected chi connectivity index (χ2v) is 10.1. The number of benzene rings is 1. The van der Waals surface area contributed by atoms with Gasteiger partial charge in [0.1, 0.15) is 4.21 Å². The number of piperazine rings is 1. The third-order valence-electron chi connectivity index (χ3n) is 3.83. The topological polar surface area (TPSA) is 40.6 Å². The van der Waals surface area contributed by atoms with Gasteiger partial charge in [0.05, 0.1) is 4.34 Å². The first-order valence-electron chi connectivity index (χ1n) is 7.18. The molecular formula is C15H16BrClN2O2S2. The third kappa shape index (κ3) is 3.97. The maximum atomic E-state index is 12.6.